The van der Waals surface area contributed by atoms with Crippen molar-refractivity contribution in [1.82, 2.24) is 14.7 Å². The fraction of sp³-hybridized carbons (Fsp3) is 0.455. The van der Waals surface area contributed by atoms with Crippen LogP contribution < -0.4 is 5.56 Å². The Morgan fingerprint density at radius 3 is 2.61 bits per heavy atom. The zero-order valence-electron chi connectivity index (χ0n) is 10.5. The van der Waals surface area contributed by atoms with Gasteiger partial charge in [-0.1, -0.05) is 6.92 Å². The summed E-state index contributed by atoms with van der Waals surface area (Å²) >= 11 is 0. The number of carboxylic acid groups (broad SMARTS) is 1. The molecule has 1 aromatic rings. The average Bonchev–Trinajstić information content (AvgIpc) is 2.31. The molecule has 1 rings (SSSR count). The third kappa shape index (κ3) is 3.16. The van der Waals surface area contributed by atoms with Gasteiger partial charge in [-0.25, -0.2) is 4.68 Å². The van der Waals surface area contributed by atoms with Gasteiger partial charge in [0.15, 0.2) is 0 Å². The molecule has 1 unspecified atom stereocenters. The minimum absolute atomic E-state index is 0.0820. The van der Waals surface area contributed by atoms with Crippen LogP contribution in [0.2, 0.25) is 0 Å². The summed E-state index contributed by atoms with van der Waals surface area (Å²) in [4.78, 5) is 35.0. The van der Waals surface area contributed by atoms with Gasteiger partial charge >= 0.3 is 5.97 Å². The molecule has 7 nitrogen and oxygen atoms in total. The summed E-state index contributed by atoms with van der Waals surface area (Å²) < 4.78 is 1.06. The number of amides is 1. The highest BCUT2D eigenvalue weighted by molar-refractivity contribution is 5.92. The summed E-state index contributed by atoms with van der Waals surface area (Å²) in [6.07, 6.45) is 0. The van der Waals surface area contributed by atoms with Gasteiger partial charge in [0, 0.05) is 26.7 Å². The van der Waals surface area contributed by atoms with Crippen molar-refractivity contribution in [3.8, 4) is 0 Å². The van der Waals surface area contributed by atoms with Crippen LogP contribution in [0, 0.1) is 5.92 Å². The van der Waals surface area contributed by atoms with Crippen molar-refractivity contribution in [3.63, 3.8) is 0 Å². The molecule has 1 atom stereocenters. The number of hydrogen-bond acceptors (Lipinski definition) is 4. The highest BCUT2D eigenvalue weighted by atomic mass is 16.4. The molecule has 0 radical (unpaired) electrons. The zero-order chi connectivity index (χ0) is 13.9. The number of rotatable bonds is 4. The van der Waals surface area contributed by atoms with Crippen LogP contribution in [0.5, 0.6) is 0 Å². The van der Waals surface area contributed by atoms with Gasteiger partial charge in [-0.05, 0) is 6.07 Å². The Balaban J connectivity index is 2.83. The molecule has 0 aliphatic heterocycles. The number of aliphatic carboxylic acids is 1. The minimum Gasteiger partial charge on any atom is -0.481 e. The molecule has 0 bridgehead atoms. The van der Waals surface area contributed by atoms with E-state index in [1.165, 1.54) is 38.1 Å². The third-order valence-corrected chi connectivity index (χ3v) is 2.50. The molecule has 0 aliphatic rings. The van der Waals surface area contributed by atoms with Crippen LogP contribution in [-0.2, 0) is 11.8 Å². The maximum absolute atomic E-state index is 11.9. The third-order valence-electron chi connectivity index (χ3n) is 2.50. The van der Waals surface area contributed by atoms with Crippen LogP contribution in [0.15, 0.2) is 16.9 Å². The van der Waals surface area contributed by atoms with Gasteiger partial charge in [-0.3, -0.25) is 14.4 Å². The van der Waals surface area contributed by atoms with E-state index in [9.17, 15) is 14.4 Å². The summed E-state index contributed by atoms with van der Waals surface area (Å²) in [5.41, 5.74) is -0.203. The van der Waals surface area contributed by atoms with Crippen molar-refractivity contribution in [2.45, 2.75) is 6.92 Å². The highest BCUT2D eigenvalue weighted by Crippen LogP contribution is 2.03. The van der Waals surface area contributed by atoms with Crippen molar-refractivity contribution < 1.29 is 14.7 Å². The Kier molecular flexibility index (Phi) is 4.19. The van der Waals surface area contributed by atoms with Gasteiger partial charge in [0.2, 0.25) is 0 Å². The molecule has 0 aromatic carbocycles. The van der Waals surface area contributed by atoms with Crippen LogP contribution >= 0.6 is 0 Å². The summed E-state index contributed by atoms with van der Waals surface area (Å²) in [5, 5.41) is 12.6. The number of aromatic nitrogens is 2. The predicted molar refractivity (Wildman–Crippen MR) is 63.2 cm³/mol. The largest absolute Gasteiger partial charge is 0.481 e. The number of carbonyl (C=O) groups is 2. The van der Waals surface area contributed by atoms with E-state index in [4.69, 9.17) is 5.11 Å². The van der Waals surface area contributed by atoms with Gasteiger partial charge in [0.25, 0.3) is 11.5 Å². The summed E-state index contributed by atoms with van der Waals surface area (Å²) in [6.45, 7) is 1.60. The first kappa shape index (κ1) is 13.9. The Morgan fingerprint density at radius 2 is 2.11 bits per heavy atom. The topological polar surface area (TPSA) is 92.5 Å². The molecule has 7 heteroatoms. The van der Waals surface area contributed by atoms with E-state index in [0.29, 0.717) is 0 Å². The molecule has 1 amide bonds. The first-order chi connectivity index (χ1) is 8.32. The van der Waals surface area contributed by atoms with Crippen molar-refractivity contribution in [1.29, 1.82) is 0 Å². The number of hydrogen-bond donors (Lipinski definition) is 1. The molecule has 98 valence electrons. The molecule has 1 N–H and O–H groups in total. The Hall–Kier alpha value is -2.18. The van der Waals surface area contributed by atoms with Crippen molar-refractivity contribution in [3.05, 3.63) is 28.2 Å². The lowest BCUT2D eigenvalue weighted by atomic mass is 10.1. The second-order valence-corrected chi connectivity index (χ2v) is 4.11. The number of aryl methyl sites for hydroxylation is 1. The normalized spacial score (nSPS) is 11.9. The summed E-state index contributed by atoms with van der Waals surface area (Å²) in [6, 6.07) is 2.57. The lowest BCUT2D eigenvalue weighted by Crippen LogP contribution is -2.35. The van der Waals surface area contributed by atoms with Crippen LogP contribution in [0.3, 0.4) is 0 Å². The van der Waals surface area contributed by atoms with Gasteiger partial charge in [0.1, 0.15) is 5.69 Å². The van der Waals surface area contributed by atoms with Gasteiger partial charge < -0.3 is 10.0 Å². The second-order valence-electron chi connectivity index (χ2n) is 4.11. The first-order valence-electron chi connectivity index (χ1n) is 5.35. The van der Waals surface area contributed by atoms with Crippen molar-refractivity contribution >= 4 is 11.9 Å². The molecular weight excluding hydrogens is 238 g/mol. The Morgan fingerprint density at radius 1 is 1.50 bits per heavy atom. The molecular formula is C11H15N3O4. The van der Waals surface area contributed by atoms with E-state index >= 15 is 0 Å². The van der Waals surface area contributed by atoms with Gasteiger partial charge in [-0.2, -0.15) is 5.10 Å². The maximum Gasteiger partial charge on any atom is 0.308 e. The van der Waals surface area contributed by atoms with E-state index in [1.54, 1.807) is 0 Å². The van der Waals surface area contributed by atoms with E-state index < -0.39 is 17.8 Å². The Bertz CT molecular complexity index is 523. The van der Waals surface area contributed by atoms with Crippen LogP contribution in [-0.4, -0.2) is 45.3 Å². The zero-order valence-corrected chi connectivity index (χ0v) is 10.5. The number of carbonyl (C=O) groups excluding carboxylic acids is 1. The maximum atomic E-state index is 11.9. The smallest absolute Gasteiger partial charge is 0.308 e. The van der Waals surface area contributed by atoms with E-state index in [0.717, 1.165) is 4.68 Å². The van der Waals surface area contributed by atoms with Crippen LogP contribution in [0.25, 0.3) is 0 Å². The molecule has 0 aliphatic carbocycles. The van der Waals surface area contributed by atoms with Gasteiger partial charge in [0.05, 0.1) is 5.92 Å². The quantitative estimate of drug-likeness (QED) is 0.786. The van der Waals surface area contributed by atoms with Crippen molar-refractivity contribution in [2.75, 3.05) is 13.6 Å². The molecule has 18 heavy (non-hydrogen) atoms. The first-order valence-corrected chi connectivity index (χ1v) is 5.35. The number of carboxylic acids is 1. The molecule has 0 saturated carbocycles. The molecule has 0 fully saturated rings. The van der Waals surface area contributed by atoms with E-state index in [1.807, 2.05) is 0 Å². The lowest BCUT2D eigenvalue weighted by Gasteiger charge is -2.18. The lowest BCUT2D eigenvalue weighted by molar-refractivity contribution is -0.141. The average molecular weight is 253 g/mol. The van der Waals surface area contributed by atoms with Crippen LogP contribution in [0.1, 0.15) is 17.4 Å². The summed E-state index contributed by atoms with van der Waals surface area (Å²) in [7, 11) is 2.94. The minimum atomic E-state index is -0.969. The second kappa shape index (κ2) is 5.44. The Labute approximate surface area is 104 Å². The van der Waals surface area contributed by atoms with Crippen LogP contribution in [0.4, 0.5) is 0 Å². The van der Waals surface area contributed by atoms with E-state index in [-0.39, 0.29) is 17.8 Å². The highest BCUT2D eigenvalue weighted by Gasteiger charge is 2.19. The SMILES string of the molecule is CC(CN(C)C(=O)c1ccc(=O)n(C)n1)C(=O)O. The fourth-order valence-corrected chi connectivity index (χ4v) is 1.38. The standard InChI is InChI=1S/C11H15N3O4/c1-7(11(17)18)6-13(2)10(16)8-4-5-9(15)14(3)12-8/h4-5,7H,6H2,1-3H3,(H,17,18). The molecule has 0 saturated heterocycles. The summed E-state index contributed by atoms with van der Waals surface area (Å²) in [5.74, 6) is -2.05. The monoisotopic (exact) mass is 253 g/mol. The fourth-order valence-electron chi connectivity index (χ4n) is 1.38. The predicted octanol–water partition coefficient (Wildman–Crippen LogP) is -0.427. The molecule has 1 heterocycles. The van der Waals surface area contributed by atoms with Gasteiger partial charge in [-0.15, -0.1) is 0 Å². The molecule has 1 aromatic heterocycles. The van der Waals surface area contributed by atoms with Crippen molar-refractivity contribution in [2.24, 2.45) is 13.0 Å². The van der Waals surface area contributed by atoms with E-state index in [2.05, 4.69) is 5.10 Å². The molecule has 0 spiro atoms. The number of nitrogens with zero attached hydrogens (tertiary/aromatic N) is 3.